The first-order valence-electron chi connectivity index (χ1n) is 9.36. The molecule has 1 atom stereocenters. The number of carbonyl (C=O) groups excluding carboxylic acids is 1. The molecular formula is C20H30N2O. The van der Waals surface area contributed by atoms with Crippen molar-refractivity contribution < 1.29 is 4.79 Å². The summed E-state index contributed by atoms with van der Waals surface area (Å²) in [6, 6.07) is 10.8. The van der Waals surface area contributed by atoms with Crippen LogP contribution >= 0.6 is 0 Å². The molecule has 2 N–H and O–H groups in total. The molecule has 0 bridgehead atoms. The van der Waals surface area contributed by atoms with Gasteiger partial charge in [-0.3, -0.25) is 4.79 Å². The molecule has 1 aromatic carbocycles. The summed E-state index contributed by atoms with van der Waals surface area (Å²) in [5.41, 5.74) is 1.44. The van der Waals surface area contributed by atoms with Crippen molar-refractivity contribution in [1.29, 1.82) is 0 Å². The Kier molecular flexibility index (Phi) is 6.09. The van der Waals surface area contributed by atoms with E-state index in [2.05, 4.69) is 41.0 Å². The largest absolute Gasteiger partial charge is 0.356 e. The van der Waals surface area contributed by atoms with Crippen LogP contribution < -0.4 is 10.6 Å². The summed E-state index contributed by atoms with van der Waals surface area (Å²) in [4.78, 5) is 12.4. The van der Waals surface area contributed by atoms with E-state index in [1.807, 2.05) is 0 Å². The van der Waals surface area contributed by atoms with Crippen LogP contribution in [-0.2, 0) is 4.79 Å². The van der Waals surface area contributed by atoms with Crippen LogP contribution in [0.4, 0.5) is 0 Å². The molecule has 1 aliphatic heterocycles. The van der Waals surface area contributed by atoms with Crippen molar-refractivity contribution in [2.24, 2.45) is 11.8 Å². The van der Waals surface area contributed by atoms with Crippen LogP contribution in [0.25, 0.3) is 0 Å². The van der Waals surface area contributed by atoms with Gasteiger partial charge in [-0.15, -0.1) is 0 Å². The molecule has 23 heavy (non-hydrogen) atoms. The van der Waals surface area contributed by atoms with Gasteiger partial charge in [0.05, 0.1) is 0 Å². The lowest BCUT2D eigenvalue weighted by atomic mass is 9.78. The zero-order valence-electron chi connectivity index (χ0n) is 14.1. The summed E-state index contributed by atoms with van der Waals surface area (Å²) in [5.74, 6) is 1.92. The first kappa shape index (κ1) is 16.5. The van der Waals surface area contributed by atoms with Gasteiger partial charge in [0, 0.05) is 12.5 Å². The van der Waals surface area contributed by atoms with Crippen molar-refractivity contribution in [1.82, 2.24) is 10.6 Å². The molecule has 3 heteroatoms. The molecule has 2 aliphatic rings. The summed E-state index contributed by atoms with van der Waals surface area (Å²) in [6.07, 6.45) is 8.08. The molecule has 1 aliphatic carbocycles. The van der Waals surface area contributed by atoms with E-state index in [1.165, 1.54) is 18.4 Å². The van der Waals surface area contributed by atoms with Gasteiger partial charge in [0.1, 0.15) is 0 Å². The number of rotatable bonds is 5. The summed E-state index contributed by atoms with van der Waals surface area (Å²) in [5, 5.41) is 6.63. The van der Waals surface area contributed by atoms with Gasteiger partial charge < -0.3 is 10.6 Å². The lowest BCUT2D eigenvalue weighted by Crippen LogP contribution is -2.36. The summed E-state index contributed by atoms with van der Waals surface area (Å²) in [6.45, 7) is 3.13. The van der Waals surface area contributed by atoms with E-state index in [-0.39, 0.29) is 5.92 Å². The number of hydrogen-bond acceptors (Lipinski definition) is 2. The van der Waals surface area contributed by atoms with E-state index in [0.717, 1.165) is 57.7 Å². The first-order chi connectivity index (χ1) is 11.3. The van der Waals surface area contributed by atoms with Crippen LogP contribution in [-0.4, -0.2) is 25.5 Å². The number of benzene rings is 1. The zero-order chi connectivity index (χ0) is 15.9. The highest BCUT2D eigenvalue weighted by molar-refractivity contribution is 5.78. The average Bonchev–Trinajstić information content (AvgIpc) is 2.63. The fraction of sp³-hybridized carbons (Fsp3) is 0.650. The Hall–Kier alpha value is -1.35. The fourth-order valence-electron chi connectivity index (χ4n) is 4.13. The second kappa shape index (κ2) is 8.49. The van der Waals surface area contributed by atoms with Crippen molar-refractivity contribution in [2.45, 2.75) is 50.9 Å². The molecule has 1 unspecified atom stereocenters. The van der Waals surface area contributed by atoms with Crippen LogP contribution in [0, 0.1) is 11.8 Å². The Labute approximate surface area is 140 Å². The topological polar surface area (TPSA) is 41.1 Å². The number of hydrogen-bond donors (Lipinski definition) is 2. The third-order valence-electron chi connectivity index (χ3n) is 5.62. The smallest absolute Gasteiger partial charge is 0.223 e. The molecular weight excluding hydrogens is 284 g/mol. The van der Waals surface area contributed by atoms with Crippen LogP contribution in [0.15, 0.2) is 30.3 Å². The van der Waals surface area contributed by atoms with Gasteiger partial charge in [-0.25, -0.2) is 0 Å². The van der Waals surface area contributed by atoms with Crippen molar-refractivity contribution in [2.75, 3.05) is 19.6 Å². The summed E-state index contributed by atoms with van der Waals surface area (Å²) >= 11 is 0. The molecule has 0 spiro atoms. The van der Waals surface area contributed by atoms with Crippen molar-refractivity contribution >= 4 is 5.91 Å². The molecule has 1 saturated heterocycles. The molecule has 1 aromatic rings. The standard InChI is InChI=1S/C20H30N2O/c23-20(22-14-12-16-5-4-13-21-15-16)19-10-8-18(9-11-19)17-6-2-1-3-7-17/h1-3,6-7,16,18-19,21H,4-5,8-15H2,(H,22,23). The molecule has 1 amide bonds. The number of piperidine rings is 1. The van der Waals surface area contributed by atoms with Gasteiger partial charge in [-0.1, -0.05) is 30.3 Å². The average molecular weight is 314 g/mol. The molecule has 2 fully saturated rings. The third-order valence-corrected chi connectivity index (χ3v) is 5.62. The molecule has 1 heterocycles. The SMILES string of the molecule is O=C(NCCC1CCCNC1)C1CCC(c2ccccc2)CC1. The van der Waals surface area contributed by atoms with Gasteiger partial charge in [-0.2, -0.15) is 0 Å². The Bertz CT molecular complexity index is 474. The zero-order valence-corrected chi connectivity index (χ0v) is 14.1. The monoisotopic (exact) mass is 314 g/mol. The first-order valence-corrected chi connectivity index (χ1v) is 9.36. The maximum absolute atomic E-state index is 12.4. The molecule has 1 saturated carbocycles. The maximum atomic E-state index is 12.4. The summed E-state index contributed by atoms with van der Waals surface area (Å²) in [7, 11) is 0. The van der Waals surface area contributed by atoms with E-state index in [9.17, 15) is 4.79 Å². The van der Waals surface area contributed by atoms with Crippen LogP contribution in [0.1, 0.15) is 56.4 Å². The number of carbonyl (C=O) groups is 1. The molecule has 3 rings (SSSR count). The quantitative estimate of drug-likeness (QED) is 0.874. The van der Waals surface area contributed by atoms with E-state index in [0.29, 0.717) is 11.8 Å². The van der Waals surface area contributed by atoms with Gasteiger partial charge in [0.25, 0.3) is 0 Å². The molecule has 126 valence electrons. The van der Waals surface area contributed by atoms with Gasteiger partial charge in [0.2, 0.25) is 5.91 Å². The van der Waals surface area contributed by atoms with E-state index in [4.69, 9.17) is 0 Å². The lowest BCUT2D eigenvalue weighted by Gasteiger charge is -2.28. The fourth-order valence-corrected chi connectivity index (χ4v) is 4.13. The van der Waals surface area contributed by atoms with Gasteiger partial charge >= 0.3 is 0 Å². The van der Waals surface area contributed by atoms with Gasteiger partial charge in [-0.05, 0) is 75.4 Å². The predicted molar refractivity (Wildman–Crippen MR) is 94.4 cm³/mol. The van der Waals surface area contributed by atoms with Crippen molar-refractivity contribution in [3.05, 3.63) is 35.9 Å². The second-order valence-corrected chi connectivity index (χ2v) is 7.25. The molecule has 3 nitrogen and oxygen atoms in total. The molecule has 0 radical (unpaired) electrons. The Morgan fingerprint density at radius 3 is 2.57 bits per heavy atom. The Balaban J connectivity index is 1.36. The number of nitrogens with one attached hydrogen (secondary N) is 2. The van der Waals surface area contributed by atoms with Crippen molar-refractivity contribution in [3.63, 3.8) is 0 Å². The lowest BCUT2D eigenvalue weighted by molar-refractivity contribution is -0.126. The predicted octanol–water partition coefficient (Wildman–Crippen LogP) is 3.47. The minimum absolute atomic E-state index is 0.236. The normalized spacial score (nSPS) is 28.3. The second-order valence-electron chi connectivity index (χ2n) is 7.25. The minimum atomic E-state index is 0.236. The number of amides is 1. The van der Waals surface area contributed by atoms with Gasteiger partial charge in [0.15, 0.2) is 0 Å². The molecule has 0 aromatic heterocycles. The van der Waals surface area contributed by atoms with E-state index < -0.39 is 0 Å². The maximum Gasteiger partial charge on any atom is 0.223 e. The summed E-state index contributed by atoms with van der Waals surface area (Å²) < 4.78 is 0. The van der Waals surface area contributed by atoms with E-state index in [1.54, 1.807) is 0 Å². The van der Waals surface area contributed by atoms with Crippen LogP contribution in [0.5, 0.6) is 0 Å². The van der Waals surface area contributed by atoms with Crippen LogP contribution in [0.2, 0.25) is 0 Å². The van der Waals surface area contributed by atoms with E-state index >= 15 is 0 Å². The third kappa shape index (κ3) is 4.81. The highest BCUT2D eigenvalue weighted by Crippen LogP contribution is 2.35. The highest BCUT2D eigenvalue weighted by atomic mass is 16.1. The van der Waals surface area contributed by atoms with Crippen LogP contribution in [0.3, 0.4) is 0 Å². The Morgan fingerprint density at radius 2 is 1.87 bits per heavy atom. The minimum Gasteiger partial charge on any atom is -0.356 e. The highest BCUT2D eigenvalue weighted by Gasteiger charge is 2.26. The Morgan fingerprint density at radius 1 is 1.09 bits per heavy atom. The van der Waals surface area contributed by atoms with Crippen molar-refractivity contribution in [3.8, 4) is 0 Å².